The second-order valence-electron chi connectivity index (χ2n) is 9.88. The Labute approximate surface area is 179 Å². The van der Waals surface area contributed by atoms with Crippen LogP contribution < -0.4 is 10.9 Å². The maximum atomic E-state index is 14.7. The van der Waals surface area contributed by atoms with E-state index in [0.29, 0.717) is 37.9 Å². The number of halogens is 1. The van der Waals surface area contributed by atoms with E-state index in [1.54, 1.807) is 7.11 Å². The Morgan fingerprint density at radius 2 is 1.73 bits per heavy atom. The molecule has 6 unspecified atom stereocenters. The number of nitrogens with one attached hydrogen (secondary N) is 2. The van der Waals surface area contributed by atoms with E-state index >= 15 is 0 Å². The lowest BCUT2D eigenvalue weighted by atomic mass is 9.78. The summed E-state index contributed by atoms with van der Waals surface area (Å²) in [6, 6.07) is 0.189. The highest BCUT2D eigenvalue weighted by Gasteiger charge is 2.44. The third-order valence-corrected chi connectivity index (χ3v) is 7.85. The van der Waals surface area contributed by atoms with Crippen LogP contribution in [0.4, 0.5) is 4.39 Å². The van der Waals surface area contributed by atoms with Crippen molar-refractivity contribution < 1.29 is 18.7 Å². The fraction of sp³-hybridized carbons (Fsp3) is 0.909. The number of hydrogen-bond acceptors (Lipinski definition) is 5. The van der Waals surface area contributed by atoms with E-state index in [1.165, 1.54) is 0 Å². The first-order valence-corrected chi connectivity index (χ1v) is 11.6. The number of methoxy groups -OCH3 is 1. The van der Waals surface area contributed by atoms with Crippen molar-refractivity contribution in [2.75, 3.05) is 26.7 Å². The fourth-order valence-corrected chi connectivity index (χ4v) is 6.16. The summed E-state index contributed by atoms with van der Waals surface area (Å²) in [5.74, 6) is 0.227. The van der Waals surface area contributed by atoms with Gasteiger partial charge < -0.3 is 14.5 Å². The van der Waals surface area contributed by atoms with Crippen LogP contribution in [0.25, 0.3) is 0 Å². The molecule has 2 amide bonds. The summed E-state index contributed by atoms with van der Waals surface area (Å²) in [5, 5.41) is 0. The van der Waals surface area contributed by atoms with E-state index in [4.69, 9.17) is 4.74 Å². The summed E-state index contributed by atoms with van der Waals surface area (Å²) >= 11 is 0. The zero-order valence-corrected chi connectivity index (χ0v) is 18.5. The molecule has 0 radical (unpaired) electrons. The average Bonchev–Trinajstić information content (AvgIpc) is 3.20. The van der Waals surface area contributed by atoms with Gasteiger partial charge in [0.25, 0.3) is 0 Å². The first kappa shape index (κ1) is 22.0. The third kappa shape index (κ3) is 4.23. The van der Waals surface area contributed by atoms with Crippen LogP contribution in [0.3, 0.4) is 0 Å². The number of hydrogen-bond donors (Lipinski definition) is 2. The highest BCUT2D eigenvalue weighted by atomic mass is 19.1. The van der Waals surface area contributed by atoms with E-state index in [0.717, 1.165) is 32.2 Å². The quantitative estimate of drug-likeness (QED) is 0.718. The third-order valence-electron chi connectivity index (χ3n) is 7.85. The van der Waals surface area contributed by atoms with Crippen LogP contribution in [0, 0.1) is 17.8 Å². The van der Waals surface area contributed by atoms with Crippen molar-refractivity contribution in [1.29, 1.82) is 0 Å². The van der Waals surface area contributed by atoms with Gasteiger partial charge in [0.1, 0.15) is 6.17 Å². The molecule has 30 heavy (non-hydrogen) atoms. The molecule has 4 rings (SSSR count). The summed E-state index contributed by atoms with van der Waals surface area (Å²) in [4.78, 5) is 30.2. The van der Waals surface area contributed by atoms with E-state index < -0.39 is 12.1 Å². The van der Waals surface area contributed by atoms with Crippen molar-refractivity contribution in [1.82, 2.24) is 20.7 Å². The lowest BCUT2D eigenvalue weighted by molar-refractivity contribution is -0.154. The maximum Gasteiger partial charge on any atom is 0.229 e. The summed E-state index contributed by atoms with van der Waals surface area (Å²) in [7, 11) is 1.60. The molecule has 0 spiro atoms. The molecular formula is C22H37FN4O3. The van der Waals surface area contributed by atoms with Gasteiger partial charge in [-0.05, 0) is 51.9 Å². The van der Waals surface area contributed by atoms with E-state index in [2.05, 4.69) is 10.9 Å². The molecule has 0 bridgehead atoms. The molecule has 7 nitrogen and oxygen atoms in total. The highest BCUT2D eigenvalue weighted by Crippen LogP contribution is 2.34. The van der Waals surface area contributed by atoms with Crippen molar-refractivity contribution in [2.24, 2.45) is 17.8 Å². The zero-order chi connectivity index (χ0) is 21.4. The Morgan fingerprint density at radius 3 is 2.40 bits per heavy atom. The predicted molar refractivity (Wildman–Crippen MR) is 111 cm³/mol. The van der Waals surface area contributed by atoms with Crippen molar-refractivity contribution in [2.45, 2.75) is 82.8 Å². The summed E-state index contributed by atoms with van der Waals surface area (Å²) in [6.45, 7) is 6.04. The second-order valence-corrected chi connectivity index (χ2v) is 9.88. The summed E-state index contributed by atoms with van der Waals surface area (Å²) in [6.07, 6.45) is 3.20. The Bertz CT molecular complexity index is 638. The lowest BCUT2D eigenvalue weighted by Crippen LogP contribution is -2.62. The number of alkyl halides is 1. The minimum Gasteiger partial charge on any atom is -0.381 e. The van der Waals surface area contributed by atoms with Crippen molar-refractivity contribution in [3.63, 3.8) is 0 Å². The van der Waals surface area contributed by atoms with Gasteiger partial charge in [0, 0.05) is 57.2 Å². The Balaban J connectivity index is 1.36. The Kier molecular flexibility index (Phi) is 6.65. The molecule has 2 saturated carbocycles. The zero-order valence-electron chi connectivity index (χ0n) is 18.5. The van der Waals surface area contributed by atoms with E-state index in [9.17, 15) is 14.0 Å². The van der Waals surface area contributed by atoms with Gasteiger partial charge >= 0.3 is 0 Å². The van der Waals surface area contributed by atoms with Crippen molar-refractivity contribution in [3.8, 4) is 0 Å². The molecule has 0 aromatic rings. The number of hydrazine groups is 1. The van der Waals surface area contributed by atoms with Crippen LogP contribution in [0.5, 0.6) is 0 Å². The average molecular weight is 425 g/mol. The van der Waals surface area contributed by atoms with Crippen LogP contribution in [0.15, 0.2) is 0 Å². The molecule has 2 saturated heterocycles. The number of piperazine rings is 1. The normalized spacial score (nSPS) is 42.1. The van der Waals surface area contributed by atoms with Gasteiger partial charge in [-0.3, -0.25) is 20.4 Å². The highest BCUT2D eigenvalue weighted by molar-refractivity contribution is 5.82. The van der Waals surface area contributed by atoms with E-state index in [-0.39, 0.29) is 35.9 Å². The topological polar surface area (TPSA) is 73.9 Å². The molecule has 8 atom stereocenters. The fourth-order valence-electron chi connectivity index (χ4n) is 6.16. The molecule has 2 heterocycles. The molecular weight excluding hydrogens is 387 g/mol. The SMILES string of the molecule is COC1CCC(C(=O)N2[C@H](C)CN(C(=O)C3CCC4CNNC4C3)C[C@H]2C)C(F)C1. The number of carbonyl (C=O) groups excluding carboxylic acids is 2. The van der Waals surface area contributed by atoms with Crippen molar-refractivity contribution >= 4 is 11.8 Å². The lowest BCUT2D eigenvalue weighted by Gasteiger charge is -2.47. The van der Waals surface area contributed by atoms with Crippen molar-refractivity contribution in [3.05, 3.63) is 0 Å². The smallest absolute Gasteiger partial charge is 0.229 e. The van der Waals surface area contributed by atoms with Crippen LogP contribution in [0.2, 0.25) is 0 Å². The molecule has 4 fully saturated rings. The van der Waals surface area contributed by atoms with Gasteiger partial charge in [-0.2, -0.15) is 0 Å². The summed E-state index contributed by atoms with van der Waals surface area (Å²) < 4.78 is 20.0. The van der Waals surface area contributed by atoms with Gasteiger partial charge in [-0.25, -0.2) is 4.39 Å². The number of carbonyl (C=O) groups is 2. The monoisotopic (exact) mass is 424 g/mol. The molecule has 2 aliphatic carbocycles. The van der Waals surface area contributed by atoms with E-state index in [1.807, 2.05) is 23.6 Å². The number of amides is 2. The minimum absolute atomic E-state index is 0.0554. The molecule has 0 aromatic heterocycles. The summed E-state index contributed by atoms with van der Waals surface area (Å²) in [5.41, 5.74) is 6.53. The van der Waals surface area contributed by atoms with Gasteiger partial charge in [0.2, 0.25) is 11.8 Å². The maximum absolute atomic E-state index is 14.7. The standard InChI is InChI=1S/C22H37FN4O3/c1-13-11-26(21(28)15-4-5-16-10-24-25-20(16)8-15)12-14(2)27(13)22(29)18-7-6-17(30-3)9-19(18)23/h13-20,24-25H,4-12H2,1-3H3/t13-,14-,15?,16?,17?,18?,19?,20?/m1/s1. The van der Waals surface area contributed by atoms with Gasteiger partial charge in [0.05, 0.1) is 12.0 Å². The number of ether oxygens (including phenoxy) is 1. The number of fused-ring (bicyclic) bond motifs is 1. The minimum atomic E-state index is -1.15. The first-order valence-electron chi connectivity index (χ1n) is 11.6. The van der Waals surface area contributed by atoms with Crippen LogP contribution in [-0.2, 0) is 14.3 Å². The van der Waals surface area contributed by atoms with Gasteiger partial charge in [-0.1, -0.05) is 0 Å². The number of rotatable bonds is 3. The molecule has 170 valence electrons. The number of nitrogens with zero attached hydrogens (tertiary/aromatic N) is 2. The first-order chi connectivity index (χ1) is 14.4. The molecule has 4 aliphatic rings. The van der Waals surface area contributed by atoms with Gasteiger partial charge in [-0.15, -0.1) is 0 Å². The van der Waals surface area contributed by atoms with Gasteiger partial charge in [0.15, 0.2) is 0 Å². The molecule has 2 N–H and O–H groups in total. The molecule has 0 aromatic carbocycles. The second kappa shape index (κ2) is 9.09. The predicted octanol–water partition coefficient (Wildman–Crippen LogP) is 1.48. The van der Waals surface area contributed by atoms with Crippen LogP contribution >= 0.6 is 0 Å². The van der Waals surface area contributed by atoms with Crippen LogP contribution in [0.1, 0.15) is 52.4 Å². The molecule has 8 heteroatoms. The van der Waals surface area contributed by atoms with Crippen LogP contribution in [-0.4, -0.2) is 78.8 Å². The largest absolute Gasteiger partial charge is 0.381 e. The molecule has 2 aliphatic heterocycles. The Morgan fingerprint density at radius 1 is 1.00 bits per heavy atom. The Hall–Kier alpha value is -1.25.